The van der Waals surface area contributed by atoms with E-state index in [1.807, 2.05) is 0 Å². The Bertz CT molecular complexity index is 600. The Kier molecular flexibility index (Phi) is 3.35. The van der Waals surface area contributed by atoms with Crippen LogP contribution in [0, 0.1) is 33.6 Å². The van der Waals surface area contributed by atoms with Crippen LogP contribution in [-0.2, 0) is 0 Å². The number of halogens is 2. The average molecular weight is 296 g/mol. The quantitative estimate of drug-likeness (QED) is 0.670. The van der Waals surface area contributed by atoms with Crippen molar-refractivity contribution in [2.45, 2.75) is 31.7 Å². The monoisotopic (exact) mass is 296 g/mol. The third kappa shape index (κ3) is 2.86. The Balaban J connectivity index is 1.80. The molecule has 1 aromatic carbocycles. The van der Waals surface area contributed by atoms with Gasteiger partial charge in [-0.15, -0.1) is 0 Å². The number of nitro groups is 1. The molecule has 2 aliphatic rings. The van der Waals surface area contributed by atoms with Crippen molar-refractivity contribution in [2.24, 2.45) is 11.8 Å². The molecule has 0 heterocycles. The second kappa shape index (κ2) is 5.05. The highest BCUT2D eigenvalue weighted by molar-refractivity contribution is 5.95. The van der Waals surface area contributed by atoms with Crippen LogP contribution in [0.1, 0.15) is 36.0 Å². The van der Waals surface area contributed by atoms with Crippen molar-refractivity contribution in [3.63, 3.8) is 0 Å². The maximum Gasteiger partial charge on any atom is 0.307 e. The van der Waals surface area contributed by atoms with Crippen LogP contribution >= 0.6 is 0 Å². The van der Waals surface area contributed by atoms with E-state index in [2.05, 4.69) is 5.32 Å². The van der Waals surface area contributed by atoms with E-state index >= 15 is 0 Å². The van der Waals surface area contributed by atoms with Gasteiger partial charge in [-0.25, -0.2) is 4.39 Å². The fourth-order valence-electron chi connectivity index (χ4n) is 2.61. The van der Waals surface area contributed by atoms with Crippen LogP contribution in [0.4, 0.5) is 14.5 Å². The number of hydrogen-bond donors (Lipinski definition) is 1. The second-order valence-corrected chi connectivity index (χ2v) is 5.71. The first-order chi connectivity index (χ1) is 9.97. The summed E-state index contributed by atoms with van der Waals surface area (Å²) in [5.41, 5.74) is -1.45. The lowest BCUT2D eigenvalue weighted by Crippen LogP contribution is -2.38. The number of nitrogens with one attached hydrogen (secondary N) is 1. The Morgan fingerprint density at radius 3 is 2.24 bits per heavy atom. The number of nitrogens with zero attached hydrogens (tertiary/aromatic N) is 1. The minimum absolute atomic E-state index is 0.00940. The average Bonchev–Trinajstić information content (AvgIpc) is 3.29. The molecule has 1 aromatic rings. The Labute approximate surface area is 119 Å². The second-order valence-electron chi connectivity index (χ2n) is 5.71. The van der Waals surface area contributed by atoms with Crippen LogP contribution in [0.5, 0.6) is 0 Å². The molecular formula is C14H14F2N2O3. The normalized spacial score (nSPS) is 17.9. The van der Waals surface area contributed by atoms with E-state index in [-0.39, 0.29) is 6.04 Å². The molecule has 1 N–H and O–H groups in total. The number of carbonyl (C=O) groups excluding carboxylic acids is 1. The molecule has 2 aliphatic carbocycles. The summed E-state index contributed by atoms with van der Waals surface area (Å²) in [5, 5.41) is 13.3. The van der Waals surface area contributed by atoms with Gasteiger partial charge in [0.15, 0.2) is 0 Å². The highest BCUT2D eigenvalue weighted by Gasteiger charge is 2.42. The lowest BCUT2D eigenvalue weighted by molar-refractivity contribution is -0.387. The van der Waals surface area contributed by atoms with E-state index in [0.717, 1.165) is 25.7 Å². The molecule has 21 heavy (non-hydrogen) atoms. The van der Waals surface area contributed by atoms with Gasteiger partial charge in [0.05, 0.1) is 16.6 Å². The van der Waals surface area contributed by atoms with Gasteiger partial charge in [0, 0.05) is 6.04 Å². The lowest BCUT2D eigenvalue weighted by atomic mass is 10.1. The van der Waals surface area contributed by atoms with E-state index in [9.17, 15) is 23.7 Å². The van der Waals surface area contributed by atoms with Crippen molar-refractivity contribution in [1.82, 2.24) is 5.32 Å². The summed E-state index contributed by atoms with van der Waals surface area (Å²) in [7, 11) is 0. The van der Waals surface area contributed by atoms with Crippen LogP contribution in [-0.4, -0.2) is 16.9 Å². The van der Waals surface area contributed by atoms with E-state index in [1.165, 1.54) is 0 Å². The highest BCUT2D eigenvalue weighted by atomic mass is 19.1. The molecule has 0 unspecified atom stereocenters. The van der Waals surface area contributed by atoms with Gasteiger partial charge in [-0.3, -0.25) is 14.9 Å². The summed E-state index contributed by atoms with van der Waals surface area (Å²) >= 11 is 0. The fraction of sp³-hybridized carbons (Fsp3) is 0.500. The summed E-state index contributed by atoms with van der Waals surface area (Å²) in [6.07, 6.45) is 4.16. The predicted octanol–water partition coefficient (Wildman–Crippen LogP) is 2.79. The van der Waals surface area contributed by atoms with Crippen molar-refractivity contribution in [3.8, 4) is 0 Å². The summed E-state index contributed by atoms with van der Waals surface area (Å²) in [5.74, 6) is -2.14. The van der Waals surface area contributed by atoms with Crippen molar-refractivity contribution in [1.29, 1.82) is 0 Å². The van der Waals surface area contributed by atoms with Crippen LogP contribution in [0.3, 0.4) is 0 Å². The molecule has 0 saturated heterocycles. The topological polar surface area (TPSA) is 72.2 Å². The fourth-order valence-corrected chi connectivity index (χ4v) is 2.61. The molecule has 0 aliphatic heterocycles. The third-order valence-corrected chi connectivity index (χ3v) is 4.04. The third-order valence-electron chi connectivity index (χ3n) is 4.04. The Morgan fingerprint density at radius 1 is 1.19 bits per heavy atom. The minimum Gasteiger partial charge on any atom is -0.349 e. The first-order valence-corrected chi connectivity index (χ1v) is 6.91. The largest absolute Gasteiger partial charge is 0.349 e. The van der Waals surface area contributed by atoms with Gasteiger partial charge in [0.1, 0.15) is 5.82 Å². The van der Waals surface area contributed by atoms with Crippen LogP contribution < -0.4 is 5.32 Å². The number of amides is 1. The molecule has 2 fully saturated rings. The summed E-state index contributed by atoms with van der Waals surface area (Å²) in [6.45, 7) is 0. The molecule has 0 spiro atoms. The molecule has 0 atom stereocenters. The van der Waals surface area contributed by atoms with Gasteiger partial charge in [-0.1, -0.05) is 0 Å². The van der Waals surface area contributed by atoms with Gasteiger partial charge in [-0.2, -0.15) is 4.39 Å². The number of nitro benzene ring substituents is 1. The molecule has 0 bridgehead atoms. The molecule has 7 heteroatoms. The zero-order valence-corrected chi connectivity index (χ0v) is 11.1. The highest BCUT2D eigenvalue weighted by Crippen LogP contribution is 2.44. The number of benzene rings is 1. The molecule has 3 rings (SSSR count). The predicted molar refractivity (Wildman–Crippen MR) is 69.7 cm³/mol. The van der Waals surface area contributed by atoms with Gasteiger partial charge in [-0.05, 0) is 43.6 Å². The zero-order valence-electron chi connectivity index (χ0n) is 11.1. The molecular weight excluding hydrogens is 282 g/mol. The Morgan fingerprint density at radius 2 is 1.76 bits per heavy atom. The number of hydrogen-bond acceptors (Lipinski definition) is 3. The van der Waals surface area contributed by atoms with E-state index in [0.29, 0.717) is 24.0 Å². The molecule has 5 nitrogen and oxygen atoms in total. The lowest BCUT2D eigenvalue weighted by Gasteiger charge is -2.17. The van der Waals surface area contributed by atoms with Gasteiger partial charge >= 0.3 is 5.69 Å². The molecule has 112 valence electrons. The van der Waals surface area contributed by atoms with Crippen molar-refractivity contribution >= 4 is 11.6 Å². The molecule has 0 aromatic heterocycles. The van der Waals surface area contributed by atoms with Crippen molar-refractivity contribution < 1.29 is 18.5 Å². The Hall–Kier alpha value is -2.05. The van der Waals surface area contributed by atoms with Crippen molar-refractivity contribution in [2.75, 3.05) is 0 Å². The maximum absolute atomic E-state index is 13.8. The summed E-state index contributed by atoms with van der Waals surface area (Å²) in [6, 6.07) is 1.06. The van der Waals surface area contributed by atoms with E-state index < -0.39 is 33.7 Å². The molecule has 0 radical (unpaired) electrons. The van der Waals surface area contributed by atoms with Crippen LogP contribution in [0.25, 0.3) is 0 Å². The van der Waals surface area contributed by atoms with Crippen LogP contribution in [0.2, 0.25) is 0 Å². The van der Waals surface area contributed by atoms with Crippen LogP contribution in [0.15, 0.2) is 12.1 Å². The minimum atomic E-state index is -1.21. The van der Waals surface area contributed by atoms with E-state index in [4.69, 9.17) is 0 Å². The summed E-state index contributed by atoms with van der Waals surface area (Å²) in [4.78, 5) is 21.6. The van der Waals surface area contributed by atoms with Gasteiger partial charge in [0.2, 0.25) is 5.82 Å². The maximum atomic E-state index is 13.8. The van der Waals surface area contributed by atoms with Gasteiger partial charge < -0.3 is 5.32 Å². The first-order valence-electron chi connectivity index (χ1n) is 6.91. The van der Waals surface area contributed by atoms with E-state index in [1.54, 1.807) is 0 Å². The molecule has 1 amide bonds. The summed E-state index contributed by atoms with van der Waals surface area (Å²) < 4.78 is 27.3. The standard InChI is InChI=1S/C14H14F2N2O3/c15-10-6-12(18(20)21)11(16)5-9(10)14(19)17-13(7-1-2-7)8-3-4-8/h5-8,13H,1-4H2,(H,17,19). The zero-order chi connectivity index (χ0) is 15.1. The molecule has 2 saturated carbocycles. The SMILES string of the molecule is O=C(NC(C1CC1)C1CC1)c1cc(F)c([N+](=O)[O-])cc1F. The van der Waals surface area contributed by atoms with Crippen molar-refractivity contribution in [3.05, 3.63) is 39.4 Å². The smallest absolute Gasteiger partial charge is 0.307 e. The number of rotatable bonds is 5. The van der Waals surface area contributed by atoms with Gasteiger partial charge in [0.25, 0.3) is 5.91 Å². The first kappa shape index (κ1) is 13.9. The number of carbonyl (C=O) groups is 1.